The highest BCUT2D eigenvalue weighted by atomic mass is 16.2. The van der Waals surface area contributed by atoms with Gasteiger partial charge in [-0.3, -0.25) is 4.79 Å². The van der Waals surface area contributed by atoms with E-state index in [1.165, 1.54) is 5.56 Å². The molecule has 2 aromatic carbocycles. The van der Waals surface area contributed by atoms with Crippen LogP contribution in [0.4, 0.5) is 5.69 Å². The van der Waals surface area contributed by atoms with E-state index in [-0.39, 0.29) is 11.3 Å². The zero-order chi connectivity index (χ0) is 15.5. The maximum absolute atomic E-state index is 12.2. The van der Waals surface area contributed by atoms with Crippen LogP contribution >= 0.6 is 0 Å². The van der Waals surface area contributed by atoms with Crippen LogP contribution in [0.25, 0.3) is 0 Å². The SMILES string of the molecule is CC(C)(C)c1ccc(NC(=O)C(N)c2ccccc2)cc1. The Labute approximate surface area is 126 Å². The van der Waals surface area contributed by atoms with Crippen LogP contribution in [-0.4, -0.2) is 5.91 Å². The Bertz CT molecular complexity index is 597. The van der Waals surface area contributed by atoms with Crippen molar-refractivity contribution in [3.8, 4) is 0 Å². The lowest BCUT2D eigenvalue weighted by Crippen LogP contribution is -2.27. The summed E-state index contributed by atoms with van der Waals surface area (Å²) < 4.78 is 0. The Morgan fingerprint density at radius 2 is 1.57 bits per heavy atom. The minimum atomic E-state index is -0.659. The van der Waals surface area contributed by atoms with E-state index in [1.54, 1.807) is 0 Å². The lowest BCUT2D eigenvalue weighted by molar-refractivity contribution is -0.117. The number of hydrogen-bond acceptors (Lipinski definition) is 2. The summed E-state index contributed by atoms with van der Waals surface area (Å²) in [6.07, 6.45) is 0. The molecule has 0 saturated carbocycles. The lowest BCUT2D eigenvalue weighted by Gasteiger charge is -2.19. The van der Waals surface area contributed by atoms with Gasteiger partial charge in [-0.2, -0.15) is 0 Å². The molecule has 0 aliphatic carbocycles. The summed E-state index contributed by atoms with van der Waals surface area (Å²) in [6.45, 7) is 6.48. The standard InChI is InChI=1S/C18H22N2O/c1-18(2,3)14-9-11-15(12-10-14)20-17(21)16(19)13-7-5-4-6-8-13/h4-12,16H,19H2,1-3H3,(H,20,21). The van der Waals surface area contributed by atoms with E-state index in [2.05, 4.69) is 26.1 Å². The summed E-state index contributed by atoms with van der Waals surface area (Å²) in [5.41, 5.74) is 8.87. The van der Waals surface area contributed by atoms with Crippen LogP contribution in [0.5, 0.6) is 0 Å². The van der Waals surface area contributed by atoms with Gasteiger partial charge < -0.3 is 11.1 Å². The Morgan fingerprint density at radius 1 is 1.00 bits per heavy atom. The van der Waals surface area contributed by atoms with E-state index in [4.69, 9.17) is 5.73 Å². The second-order valence-electron chi connectivity index (χ2n) is 6.20. The van der Waals surface area contributed by atoms with Crippen LogP contribution < -0.4 is 11.1 Å². The van der Waals surface area contributed by atoms with Crippen LogP contribution in [-0.2, 0) is 10.2 Å². The summed E-state index contributed by atoms with van der Waals surface area (Å²) in [5.74, 6) is -0.204. The van der Waals surface area contributed by atoms with Crippen LogP contribution in [0, 0.1) is 0 Å². The third-order valence-electron chi connectivity index (χ3n) is 3.46. The highest BCUT2D eigenvalue weighted by Crippen LogP contribution is 2.23. The molecule has 1 amide bonds. The van der Waals surface area contributed by atoms with Gasteiger partial charge in [0.25, 0.3) is 0 Å². The maximum atomic E-state index is 12.2. The summed E-state index contributed by atoms with van der Waals surface area (Å²) >= 11 is 0. The van der Waals surface area contributed by atoms with E-state index in [0.717, 1.165) is 11.3 Å². The Morgan fingerprint density at radius 3 is 2.10 bits per heavy atom. The Hall–Kier alpha value is -2.13. The van der Waals surface area contributed by atoms with E-state index >= 15 is 0 Å². The first-order valence-electron chi connectivity index (χ1n) is 7.10. The monoisotopic (exact) mass is 282 g/mol. The van der Waals surface area contributed by atoms with Crippen molar-refractivity contribution in [2.45, 2.75) is 32.2 Å². The van der Waals surface area contributed by atoms with Crippen molar-refractivity contribution in [2.75, 3.05) is 5.32 Å². The van der Waals surface area contributed by atoms with Crippen LogP contribution in [0.15, 0.2) is 54.6 Å². The molecule has 1 unspecified atom stereocenters. The first-order valence-corrected chi connectivity index (χ1v) is 7.10. The van der Waals surface area contributed by atoms with Gasteiger partial charge in [-0.25, -0.2) is 0 Å². The highest BCUT2D eigenvalue weighted by molar-refractivity contribution is 5.95. The number of amides is 1. The van der Waals surface area contributed by atoms with E-state index in [1.807, 2.05) is 54.6 Å². The molecule has 0 bridgehead atoms. The second kappa shape index (κ2) is 6.10. The largest absolute Gasteiger partial charge is 0.324 e. The van der Waals surface area contributed by atoms with Gasteiger partial charge in [0.2, 0.25) is 5.91 Å². The Balaban J connectivity index is 2.06. The molecule has 3 heteroatoms. The topological polar surface area (TPSA) is 55.1 Å². The van der Waals surface area contributed by atoms with E-state index < -0.39 is 6.04 Å². The molecule has 0 aliphatic heterocycles. The van der Waals surface area contributed by atoms with Crippen molar-refractivity contribution in [1.82, 2.24) is 0 Å². The summed E-state index contributed by atoms with van der Waals surface area (Å²) in [6, 6.07) is 16.6. The molecule has 0 aromatic heterocycles. The molecular weight excluding hydrogens is 260 g/mol. The molecule has 2 aromatic rings. The smallest absolute Gasteiger partial charge is 0.245 e. The van der Waals surface area contributed by atoms with Crippen molar-refractivity contribution in [3.63, 3.8) is 0 Å². The predicted octanol–water partition coefficient (Wildman–Crippen LogP) is 3.62. The van der Waals surface area contributed by atoms with Gasteiger partial charge in [-0.15, -0.1) is 0 Å². The van der Waals surface area contributed by atoms with Crippen molar-refractivity contribution in [1.29, 1.82) is 0 Å². The molecule has 110 valence electrons. The van der Waals surface area contributed by atoms with Crippen molar-refractivity contribution in [2.24, 2.45) is 5.73 Å². The minimum Gasteiger partial charge on any atom is -0.324 e. The molecule has 2 rings (SSSR count). The normalized spacial score (nSPS) is 12.8. The third kappa shape index (κ3) is 3.92. The minimum absolute atomic E-state index is 0.100. The Kier molecular flexibility index (Phi) is 4.43. The van der Waals surface area contributed by atoms with Gasteiger partial charge in [0.1, 0.15) is 6.04 Å². The molecule has 0 heterocycles. The average Bonchev–Trinajstić information content (AvgIpc) is 2.47. The number of benzene rings is 2. The molecule has 1 atom stereocenters. The van der Waals surface area contributed by atoms with Crippen molar-refractivity contribution < 1.29 is 4.79 Å². The summed E-state index contributed by atoms with van der Waals surface area (Å²) in [5, 5.41) is 2.85. The van der Waals surface area contributed by atoms with Crippen molar-refractivity contribution >= 4 is 11.6 Å². The van der Waals surface area contributed by atoms with E-state index in [0.29, 0.717) is 0 Å². The second-order valence-corrected chi connectivity index (χ2v) is 6.20. The van der Waals surface area contributed by atoms with Gasteiger partial charge >= 0.3 is 0 Å². The maximum Gasteiger partial charge on any atom is 0.245 e. The van der Waals surface area contributed by atoms with Gasteiger partial charge in [0.05, 0.1) is 0 Å². The average molecular weight is 282 g/mol. The number of hydrogen-bond donors (Lipinski definition) is 2. The predicted molar refractivity (Wildman–Crippen MR) is 87.1 cm³/mol. The van der Waals surface area contributed by atoms with Gasteiger partial charge in [-0.1, -0.05) is 63.2 Å². The van der Waals surface area contributed by atoms with Crippen LogP contribution in [0.2, 0.25) is 0 Å². The number of anilines is 1. The number of carbonyl (C=O) groups excluding carboxylic acids is 1. The first kappa shape index (κ1) is 15.3. The van der Waals surface area contributed by atoms with Gasteiger partial charge in [0, 0.05) is 5.69 Å². The highest BCUT2D eigenvalue weighted by Gasteiger charge is 2.16. The van der Waals surface area contributed by atoms with Gasteiger partial charge in [0.15, 0.2) is 0 Å². The zero-order valence-corrected chi connectivity index (χ0v) is 12.8. The van der Waals surface area contributed by atoms with Crippen LogP contribution in [0.1, 0.15) is 37.9 Å². The van der Waals surface area contributed by atoms with Crippen LogP contribution in [0.3, 0.4) is 0 Å². The number of carbonyl (C=O) groups is 1. The fourth-order valence-corrected chi connectivity index (χ4v) is 2.09. The zero-order valence-electron chi connectivity index (χ0n) is 12.8. The quantitative estimate of drug-likeness (QED) is 0.903. The summed E-state index contributed by atoms with van der Waals surface area (Å²) in [4.78, 5) is 12.2. The first-order chi connectivity index (χ1) is 9.88. The molecule has 0 saturated heterocycles. The molecule has 0 aliphatic rings. The molecule has 21 heavy (non-hydrogen) atoms. The fourth-order valence-electron chi connectivity index (χ4n) is 2.09. The van der Waals surface area contributed by atoms with Gasteiger partial charge in [-0.05, 0) is 28.7 Å². The molecule has 0 radical (unpaired) electrons. The molecule has 0 spiro atoms. The number of rotatable bonds is 3. The number of nitrogens with two attached hydrogens (primary N) is 1. The third-order valence-corrected chi connectivity index (χ3v) is 3.46. The molecular formula is C18H22N2O. The number of nitrogens with one attached hydrogen (secondary N) is 1. The van der Waals surface area contributed by atoms with Crippen molar-refractivity contribution in [3.05, 3.63) is 65.7 Å². The molecule has 3 N–H and O–H groups in total. The molecule has 3 nitrogen and oxygen atoms in total. The fraction of sp³-hybridized carbons (Fsp3) is 0.278. The lowest BCUT2D eigenvalue weighted by atomic mass is 9.87. The molecule has 0 fully saturated rings. The van der Waals surface area contributed by atoms with E-state index in [9.17, 15) is 4.79 Å². The summed E-state index contributed by atoms with van der Waals surface area (Å²) in [7, 11) is 0.